The fraction of sp³-hybridized carbons (Fsp3) is 0.615. The number of hydrogen-bond donors (Lipinski definition) is 0. The van der Waals surface area contributed by atoms with Gasteiger partial charge in [0, 0.05) is 5.56 Å². The van der Waals surface area contributed by atoms with Gasteiger partial charge in [-0.2, -0.15) is 17.6 Å². The summed E-state index contributed by atoms with van der Waals surface area (Å²) >= 11 is 0. The highest BCUT2D eigenvalue weighted by atomic mass is 19.3. The molecule has 182 valence electrons. The molecule has 7 heteroatoms. The molecule has 0 saturated heterocycles. The zero-order valence-corrected chi connectivity index (χ0v) is 19.1. The zero-order chi connectivity index (χ0) is 23.8. The molecule has 4 rings (SSSR count). The summed E-state index contributed by atoms with van der Waals surface area (Å²) in [5.74, 6) is -10.6. The summed E-state index contributed by atoms with van der Waals surface area (Å²) in [7, 11) is 0. The highest BCUT2D eigenvalue weighted by Gasteiger charge is 2.69. The minimum atomic E-state index is -4.61. The Morgan fingerprint density at radius 2 is 1.64 bits per heavy atom. The van der Waals surface area contributed by atoms with Gasteiger partial charge in [0.05, 0.1) is 19.1 Å². The number of halogens is 5. The second kappa shape index (κ2) is 9.30. The number of allylic oxidation sites excluding steroid dienone is 4. The summed E-state index contributed by atoms with van der Waals surface area (Å²) in [6.07, 6.45) is 6.86. The van der Waals surface area contributed by atoms with Gasteiger partial charge in [-0.05, 0) is 60.9 Å². The van der Waals surface area contributed by atoms with E-state index in [1.165, 1.54) is 37.1 Å². The molecule has 33 heavy (non-hydrogen) atoms. The van der Waals surface area contributed by atoms with Gasteiger partial charge in [-0.3, -0.25) is 0 Å². The molecule has 0 aromatic heterocycles. The average Bonchev–Trinajstić information content (AvgIpc) is 2.79. The Morgan fingerprint density at radius 1 is 0.939 bits per heavy atom. The molecule has 1 fully saturated rings. The van der Waals surface area contributed by atoms with Crippen molar-refractivity contribution in [2.24, 2.45) is 17.8 Å². The number of fused-ring (bicyclic) bond motifs is 3. The molecule has 3 aliphatic rings. The highest BCUT2D eigenvalue weighted by molar-refractivity contribution is 5.78. The fourth-order valence-electron chi connectivity index (χ4n) is 5.43. The normalized spacial score (nSPS) is 29.9. The van der Waals surface area contributed by atoms with E-state index in [0.717, 1.165) is 37.7 Å². The van der Waals surface area contributed by atoms with E-state index >= 15 is 17.6 Å². The van der Waals surface area contributed by atoms with Crippen LogP contribution in [0, 0.1) is 17.8 Å². The Bertz CT molecular complexity index is 915. The van der Waals surface area contributed by atoms with E-state index in [9.17, 15) is 4.39 Å². The first-order chi connectivity index (χ1) is 15.7. The zero-order valence-electron chi connectivity index (χ0n) is 19.1. The van der Waals surface area contributed by atoms with Crippen LogP contribution in [0.1, 0.15) is 63.5 Å². The third-order valence-corrected chi connectivity index (χ3v) is 7.24. The summed E-state index contributed by atoms with van der Waals surface area (Å²) in [5.41, 5.74) is -1.03. The third kappa shape index (κ3) is 4.28. The Hall–Kier alpha value is -2.05. The Kier molecular flexibility index (Phi) is 6.79. The summed E-state index contributed by atoms with van der Waals surface area (Å²) in [6.45, 7) is 4.19. The van der Waals surface area contributed by atoms with Crippen molar-refractivity contribution in [2.45, 2.75) is 70.4 Å². The van der Waals surface area contributed by atoms with Crippen molar-refractivity contribution in [3.05, 3.63) is 47.2 Å². The van der Waals surface area contributed by atoms with Gasteiger partial charge in [-0.15, -0.1) is 0 Å². The molecule has 0 radical (unpaired) electrons. The lowest BCUT2D eigenvalue weighted by Gasteiger charge is -2.43. The maximum absolute atomic E-state index is 15.1. The number of benzene rings is 1. The van der Waals surface area contributed by atoms with Crippen LogP contribution in [0.2, 0.25) is 0 Å². The minimum Gasteiger partial charge on any atom is -0.495 e. The lowest BCUT2D eigenvalue weighted by atomic mass is 9.70. The lowest BCUT2D eigenvalue weighted by molar-refractivity contribution is -0.245. The van der Waals surface area contributed by atoms with Crippen molar-refractivity contribution in [1.29, 1.82) is 0 Å². The van der Waals surface area contributed by atoms with Crippen LogP contribution in [0.3, 0.4) is 0 Å². The molecular formula is C26H31F5O2. The molecule has 3 aliphatic carbocycles. The summed E-state index contributed by atoms with van der Waals surface area (Å²) in [5, 5.41) is 0. The van der Waals surface area contributed by atoms with Crippen LogP contribution in [-0.4, -0.2) is 25.3 Å². The van der Waals surface area contributed by atoms with Gasteiger partial charge >= 0.3 is 11.8 Å². The van der Waals surface area contributed by atoms with Crippen LogP contribution in [0.4, 0.5) is 22.0 Å². The monoisotopic (exact) mass is 470 g/mol. The minimum absolute atomic E-state index is 0.0572. The van der Waals surface area contributed by atoms with E-state index in [4.69, 9.17) is 9.47 Å². The van der Waals surface area contributed by atoms with Crippen LogP contribution < -0.4 is 4.74 Å². The first-order valence-corrected chi connectivity index (χ1v) is 11.9. The molecule has 0 amide bonds. The quantitative estimate of drug-likeness (QED) is 0.381. The number of rotatable bonds is 7. The molecule has 2 atom stereocenters. The van der Waals surface area contributed by atoms with Crippen molar-refractivity contribution >= 4 is 5.57 Å². The predicted octanol–water partition coefficient (Wildman–Crippen LogP) is 7.68. The van der Waals surface area contributed by atoms with Crippen molar-refractivity contribution in [3.8, 4) is 5.75 Å². The first kappa shape index (κ1) is 24.1. The van der Waals surface area contributed by atoms with Crippen molar-refractivity contribution in [2.75, 3.05) is 13.2 Å². The second-order valence-electron chi connectivity index (χ2n) is 9.39. The highest BCUT2D eigenvalue weighted by Crippen LogP contribution is 2.60. The van der Waals surface area contributed by atoms with Crippen molar-refractivity contribution < 1.29 is 31.4 Å². The fourth-order valence-corrected chi connectivity index (χ4v) is 5.43. The van der Waals surface area contributed by atoms with Gasteiger partial charge in [0.1, 0.15) is 11.5 Å². The molecule has 0 bridgehead atoms. The van der Waals surface area contributed by atoms with E-state index < -0.39 is 29.5 Å². The summed E-state index contributed by atoms with van der Waals surface area (Å²) in [4.78, 5) is 0. The molecule has 0 heterocycles. The SMILES string of the molecule is CCCC1CCC(COc2ccc3c(c2)C(F)(F)C(F)(F)C2C3=CC=C(OCC)C2F)CC1. The smallest absolute Gasteiger partial charge is 0.336 e. The first-order valence-electron chi connectivity index (χ1n) is 11.9. The molecule has 2 unspecified atom stereocenters. The number of ether oxygens (including phenoxy) is 2. The Morgan fingerprint density at radius 3 is 2.30 bits per heavy atom. The maximum atomic E-state index is 15.1. The molecule has 1 aromatic rings. The van der Waals surface area contributed by atoms with Crippen LogP contribution in [-0.2, 0) is 10.7 Å². The van der Waals surface area contributed by atoms with Gasteiger partial charge in [0.2, 0.25) is 0 Å². The van der Waals surface area contributed by atoms with Crippen molar-refractivity contribution in [3.63, 3.8) is 0 Å². The van der Waals surface area contributed by atoms with Crippen LogP contribution in [0.5, 0.6) is 5.75 Å². The van der Waals surface area contributed by atoms with Gasteiger partial charge in [-0.25, -0.2) is 4.39 Å². The Balaban J connectivity index is 1.57. The van der Waals surface area contributed by atoms with Gasteiger partial charge in [0.25, 0.3) is 0 Å². The largest absolute Gasteiger partial charge is 0.495 e. The van der Waals surface area contributed by atoms with Crippen LogP contribution in [0.15, 0.2) is 36.1 Å². The van der Waals surface area contributed by atoms with Crippen LogP contribution >= 0.6 is 0 Å². The molecule has 0 N–H and O–H groups in total. The molecule has 0 spiro atoms. The molecule has 0 aliphatic heterocycles. The molecule has 2 nitrogen and oxygen atoms in total. The molecular weight excluding hydrogens is 439 g/mol. The van der Waals surface area contributed by atoms with Gasteiger partial charge in [-0.1, -0.05) is 44.7 Å². The predicted molar refractivity (Wildman–Crippen MR) is 117 cm³/mol. The third-order valence-electron chi connectivity index (χ3n) is 7.24. The Labute approximate surface area is 191 Å². The second-order valence-corrected chi connectivity index (χ2v) is 9.39. The van der Waals surface area contributed by atoms with E-state index in [1.54, 1.807) is 6.92 Å². The summed E-state index contributed by atoms with van der Waals surface area (Å²) < 4.78 is 85.9. The molecule has 1 aromatic carbocycles. The van der Waals surface area contributed by atoms with Gasteiger partial charge < -0.3 is 9.47 Å². The van der Waals surface area contributed by atoms with Gasteiger partial charge in [0.15, 0.2) is 6.17 Å². The number of alkyl halides is 5. The number of hydrogen-bond acceptors (Lipinski definition) is 2. The van der Waals surface area contributed by atoms with Crippen molar-refractivity contribution in [1.82, 2.24) is 0 Å². The standard InChI is InChI=1S/C26H31F5O2/c1-3-5-16-6-8-17(9-7-16)15-33-18-10-11-19-20-12-13-22(32-4-2)24(27)23(20)26(30,31)25(28,29)21(19)14-18/h10-14,16-17,23-24H,3-9,15H2,1-2H3. The van der Waals surface area contributed by atoms with Crippen LogP contribution in [0.25, 0.3) is 5.57 Å². The topological polar surface area (TPSA) is 18.5 Å². The van der Waals surface area contributed by atoms with E-state index in [1.807, 2.05) is 0 Å². The van der Waals surface area contributed by atoms with E-state index in [0.29, 0.717) is 12.5 Å². The summed E-state index contributed by atoms with van der Waals surface area (Å²) in [6, 6.07) is 3.85. The maximum Gasteiger partial charge on any atom is 0.336 e. The van der Waals surface area contributed by atoms with E-state index in [2.05, 4.69) is 6.92 Å². The van der Waals surface area contributed by atoms with E-state index in [-0.39, 0.29) is 29.3 Å². The lowest BCUT2D eigenvalue weighted by Crippen LogP contribution is -2.52. The molecule has 1 saturated carbocycles. The average molecular weight is 471 g/mol.